The number of carbonyl (C=O) groups is 1. The summed E-state index contributed by atoms with van der Waals surface area (Å²) in [6.45, 7) is 3.72. The lowest BCUT2D eigenvalue weighted by molar-refractivity contribution is -0.142. The summed E-state index contributed by atoms with van der Waals surface area (Å²) < 4.78 is 4.86. The zero-order valence-electron chi connectivity index (χ0n) is 9.26. The monoisotopic (exact) mass is 219 g/mol. The molecule has 0 heterocycles. The van der Waals surface area contributed by atoms with E-state index in [9.17, 15) is 4.79 Å². The van der Waals surface area contributed by atoms with Crippen molar-refractivity contribution in [2.45, 2.75) is 18.9 Å². The van der Waals surface area contributed by atoms with E-state index in [1.54, 1.807) is 6.08 Å². The molecule has 1 aromatic carbocycles. The molecule has 1 unspecified atom stereocenters. The molecule has 16 heavy (non-hydrogen) atoms. The van der Waals surface area contributed by atoms with Gasteiger partial charge in [0.15, 0.2) is 0 Å². The van der Waals surface area contributed by atoms with Crippen LogP contribution in [-0.4, -0.2) is 18.6 Å². The normalized spacial score (nSPS) is 11.8. The van der Waals surface area contributed by atoms with Crippen LogP contribution in [0, 0.1) is 0 Å². The van der Waals surface area contributed by atoms with E-state index in [-0.39, 0.29) is 25.0 Å². The maximum absolute atomic E-state index is 11.3. The number of ether oxygens (including phenoxy) is 1. The molecule has 1 rings (SSSR count). The second-order valence-corrected chi connectivity index (χ2v) is 3.63. The molecule has 0 radical (unpaired) electrons. The molecule has 86 valence electrons. The highest BCUT2D eigenvalue weighted by atomic mass is 16.5. The molecule has 3 heteroatoms. The van der Waals surface area contributed by atoms with E-state index in [1.807, 2.05) is 30.3 Å². The third-order valence-corrected chi connectivity index (χ3v) is 2.13. The highest BCUT2D eigenvalue weighted by Crippen LogP contribution is 2.04. The molecule has 0 saturated carbocycles. The smallest absolute Gasteiger partial charge is 0.307 e. The van der Waals surface area contributed by atoms with Crippen LogP contribution >= 0.6 is 0 Å². The van der Waals surface area contributed by atoms with E-state index in [0.29, 0.717) is 6.42 Å². The van der Waals surface area contributed by atoms with Crippen molar-refractivity contribution in [2.24, 2.45) is 5.73 Å². The summed E-state index contributed by atoms with van der Waals surface area (Å²) in [6.07, 6.45) is 2.47. The first kappa shape index (κ1) is 12.5. The fourth-order valence-corrected chi connectivity index (χ4v) is 1.41. The van der Waals surface area contributed by atoms with Crippen molar-refractivity contribution in [1.29, 1.82) is 0 Å². The predicted octanol–water partition coefficient (Wildman–Crippen LogP) is 1.68. The van der Waals surface area contributed by atoms with Gasteiger partial charge in [0.25, 0.3) is 0 Å². The molecule has 0 amide bonds. The van der Waals surface area contributed by atoms with Gasteiger partial charge in [0.1, 0.15) is 6.61 Å². The van der Waals surface area contributed by atoms with Crippen molar-refractivity contribution in [2.75, 3.05) is 6.61 Å². The first-order valence-corrected chi connectivity index (χ1v) is 5.28. The Balaban J connectivity index is 2.33. The van der Waals surface area contributed by atoms with Gasteiger partial charge in [0.05, 0.1) is 6.42 Å². The molecule has 0 aliphatic rings. The van der Waals surface area contributed by atoms with Crippen LogP contribution in [0.3, 0.4) is 0 Å². The van der Waals surface area contributed by atoms with E-state index in [1.165, 1.54) is 0 Å². The molecule has 0 bridgehead atoms. The first-order chi connectivity index (χ1) is 7.72. The van der Waals surface area contributed by atoms with Gasteiger partial charge in [-0.05, 0) is 12.0 Å². The predicted molar refractivity (Wildman–Crippen MR) is 63.9 cm³/mol. The van der Waals surface area contributed by atoms with Gasteiger partial charge in [-0.2, -0.15) is 0 Å². The zero-order valence-corrected chi connectivity index (χ0v) is 9.26. The van der Waals surface area contributed by atoms with E-state index in [2.05, 4.69) is 6.58 Å². The minimum atomic E-state index is -0.275. The van der Waals surface area contributed by atoms with Crippen molar-refractivity contribution in [3.8, 4) is 0 Å². The third-order valence-electron chi connectivity index (χ3n) is 2.13. The Morgan fingerprint density at radius 3 is 2.75 bits per heavy atom. The summed E-state index contributed by atoms with van der Waals surface area (Å²) >= 11 is 0. The molecule has 3 nitrogen and oxygen atoms in total. The van der Waals surface area contributed by atoms with Crippen molar-refractivity contribution in [3.63, 3.8) is 0 Å². The van der Waals surface area contributed by atoms with Gasteiger partial charge in [-0.1, -0.05) is 43.0 Å². The summed E-state index contributed by atoms with van der Waals surface area (Å²) in [7, 11) is 0. The van der Waals surface area contributed by atoms with Gasteiger partial charge >= 0.3 is 5.97 Å². The van der Waals surface area contributed by atoms with Crippen molar-refractivity contribution in [3.05, 3.63) is 48.6 Å². The van der Waals surface area contributed by atoms with Crippen LogP contribution < -0.4 is 5.73 Å². The van der Waals surface area contributed by atoms with Gasteiger partial charge in [-0.15, -0.1) is 0 Å². The van der Waals surface area contributed by atoms with Gasteiger partial charge < -0.3 is 10.5 Å². The topological polar surface area (TPSA) is 52.3 Å². The van der Waals surface area contributed by atoms with Gasteiger partial charge in [0.2, 0.25) is 0 Å². The molecule has 1 aromatic rings. The fourth-order valence-electron chi connectivity index (χ4n) is 1.41. The van der Waals surface area contributed by atoms with E-state index < -0.39 is 0 Å². The third kappa shape index (κ3) is 4.75. The summed E-state index contributed by atoms with van der Waals surface area (Å²) in [5.41, 5.74) is 6.98. The minimum Gasteiger partial charge on any atom is -0.461 e. The summed E-state index contributed by atoms with van der Waals surface area (Å²) in [4.78, 5) is 11.3. The Kier molecular flexibility index (Phi) is 5.29. The Labute approximate surface area is 95.9 Å². The molecular weight excluding hydrogens is 202 g/mol. The van der Waals surface area contributed by atoms with E-state index >= 15 is 0 Å². The zero-order chi connectivity index (χ0) is 11.8. The van der Waals surface area contributed by atoms with Crippen LogP contribution in [-0.2, 0) is 16.0 Å². The number of rotatable bonds is 6. The number of hydrogen-bond acceptors (Lipinski definition) is 3. The van der Waals surface area contributed by atoms with Gasteiger partial charge in [0, 0.05) is 6.04 Å². The van der Waals surface area contributed by atoms with Crippen molar-refractivity contribution >= 4 is 5.97 Å². The molecule has 0 spiro atoms. The lowest BCUT2D eigenvalue weighted by Gasteiger charge is -2.10. The van der Waals surface area contributed by atoms with Crippen LogP contribution in [0.2, 0.25) is 0 Å². The average molecular weight is 219 g/mol. The van der Waals surface area contributed by atoms with Crippen LogP contribution in [0.5, 0.6) is 0 Å². The second kappa shape index (κ2) is 6.80. The maximum Gasteiger partial charge on any atom is 0.307 e. The molecule has 1 atom stereocenters. The van der Waals surface area contributed by atoms with Gasteiger partial charge in [-0.25, -0.2) is 0 Å². The Morgan fingerprint density at radius 2 is 2.12 bits per heavy atom. The van der Waals surface area contributed by atoms with E-state index in [0.717, 1.165) is 5.56 Å². The SMILES string of the molecule is C=CCOC(=O)CC(N)Cc1ccccc1. The van der Waals surface area contributed by atoms with E-state index in [4.69, 9.17) is 10.5 Å². The Bertz CT molecular complexity index is 335. The first-order valence-electron chi connectivity index (χ1n) is 5.28. The van der Waals surface area contributed by atoms with Crippen LogP contribution in [0.1, 0.15) is 12.0 Å². The lowest BCUT2D eigenvalue weighted by Crippen LogP contribution is -2.27. The second-order valence-electron chi connectivity index (χ2n) is 3.63. The van der Waals surface area contributed by atoms with Crippen LogP contribution in [0.25, 0.3) is 0 Å². The molecule has 0 fully saturated rings. The standard InChI is InChI=1S/C13H17NO2/c1-2-8-16-13(15)10-12(14)9-11-6-4-3-5-7-11/h2-7,12H,1,8-10,14H2. The molecule has 2 N–H and O–H groups in total. The average Bonchev–Trinajstić information content (AvgIpc) is 2.27. The molecule has 0 aliphatic carbocycles. The summed E-state index contributed by atoms with van der Waals surface area (Å²) in [5, 5.41) is 0. The summed E-state index contributed by atoms with van der Waals surface area (Å²) in [6, 6.07) is 9.66. The highest BCUT2D eigenvalue weighted by molar-refractivity contribution is 5.70. The summed E-state index contributed by atoms with van der Waals surface area (Å²) in [5.74, 6) is -0.275. The number of esters is 1. The van der Waals surface area contributed by atoms with Gasteiger partial charge in [-0.3, -0.25) is 4.79 Å². The lowest BCUT2D eigenvalue weighted by atomic mass is 10.0. The fraction of sp³-hybridized carbons (Fsp3) is 0.308. The maximum atomic E-state index is 11.3. The number of nitrogens with two attached hydrogens (primary N) is 1. The van der Waals surface area contributed by atoms with Crippen LogP contribution in [0.4, 0.5) is 0 Å². The van der Waals surface area contributed by atoms with Crippen molar-refractivity contribution in [1.82, 2.24) is 0 Å². The molecular formula is C13H17NO2. The molecule has 0 aromatic heterocycles. The van der Waals surface area contributed by atoms with Crippen molar-refractivity contribution < 1.29 is 9.53 Å². The number of carbonyl (C=O) groups excluding carboxylic acids is 1. The minimum absolute atomic E-state index is 0.195. The largest absolute Gasteiger partial charge is 0.461 e. The van der Waals surface area contributed by atoms with Crippen LogP contribution in [0.15, 0.2) is 43.0 Å². The quantitative estimate of drug-likeness (QED) is 0.585. The number of hydrogen-bond donors (Lipinski definition) is 1. The molecule has 0 saturated heterocycles. The Hall–Kier alpha value is -1.61. The highest BCUT2D eigenvalue weighted by Gasteiger charge is 2.10. The number of benzene rings is 1. The Morgan fingerprint density at radius 1 is 1.44 bits per heavy atom. The molecule has 0 aliphatic heterocycles.